The van der Waals surface area contributed by atoms with Gasteiger partial charge in [-0.1, -0.05) is 18.2 Å². The summed E-state index contributed by atoms with van der Waals surface area (Å²) in [7, 11) is 0. The highest BCUT2D eigenvalue weighted by Crippen LogP contribution is 2.39. The molecule has 35 heavy (non-hydrogen) atoms. The number of hydrogen-bond donors (Lipinski definition) is 1. The van der Waals surface area contributed by atoms with Gasteiger partial charge in [0, 0.05) is 47.0 Å². The van der Waals surface area contributed by atoms with Crippen LogP contribution in [0.4, 0.5) is 5.69 Å². The minimum absolute atomic E-state index is 0.291. The molecule has 0 atom stereocenters. The molecule has 1 amide bonds. The van der Waals surface area contributed by atoms with Crippen molar-refractivity contribution in [1.82, 2.24) is 29.7 Å². The minimum atomic E-state index is -0.291. The van der Waals surface area contributed by atoms with E-state index in [4.69, 9.17) is 0 Å². The van der Waals surface area contributed by atoms with Crippen molar-refractivity contribution in [3.8, 4) is 28.2 Å². The van der Waals surface area contributed by atoms with Crippen LogP contribution in [0.2, 0.25) is 0 Å². The lowest BCUT2D eigenvalue weighted by Crippen LogP contribution is -2.13. The van der Waals surface area contributed by atoms with Gasteiger partial charge < -0.3 is 5.32 Å². The first-order valence-electron chi connectivity index (χ1n) is 11.4. The lowest BCUT2D eigenvalue weighted by molar-refractivity contribution is 0.102. The van der Waals surface area contributed by atoms with Crippen LogP contribution in [0.25, 0.3) is 28.2 Å². The third-order valence-corrected chi connectivity index (χ3v) is 5.96. The van der Waals surface area contributed by atoms with Crippen molar-refractivity contribution in [2.45, 2.75) is 18.8 Å². The number of nitrogens with zero attached hydrogens (tertiary/aromatic N) is 6. The molecule has 8 heteroatoms. The Morgan fingerprint density at radius 1 is 0.886 bits per heavy atom. The first-order valence-corrected chi connectivity index (χ1v) is 11.4. The van der Waals surface area contributed by atoms with Gasteiger partial charge in [0.2, 0.25) is 0 Å². The molecule has 4 aromatic heterocycles. The first-order chi connectivity index (χ1) is 17.2. The third kappa shape index (κ3) is 4.41. The van der Waals surface area contributed by atoms with Gasteiger partial charge in [-0.25, -0.2) is 0 Å². The average molecular weight is 460 g/mol. The summed E-state index contributed by atoms with van der Waals surface area (Å²) in [6, 6.07) is 19.1. The molecule has 1 aliphatic rings. The maximum Gasteiger partial charge on any atom is 0.274 e. The number of hydrogen-bond acceptors (Lipinski definition) is 6. The zero-order valence-corrected chi connectivity index (χ0v) is 18.7. The number of nitrogens with one attached hydrogen (secondary N) is 1. The maximum absolute atomic E-state index is 13.0. The van der Waals surface area contributed by atoms with Gasteiger partial charge in [-0.05, 0) is 60.9 Å². The smallest absolute Gasteiger partial charge is 0.274 e. The third-order valence-electron chi connectivity index (χ3n) is 5.96. The lowest BCUT2D eigenvalue weighted by Gasteiger charge is -2.09. The van der Waals surface area contributed by atoms with Crippen LogP contribution in [0, 0.1) is 0 Å². The van der Waals surface area contributed by atoms with Crippen LogP contribution in [0.5, 0.6) is 0 Å². The molecule has 0 saturated heterocycles. The van der Waals surface area contributed by atoms with Crippen LogP contribution in [0.3, 0.4) is 0 Å². The second kappa shape index (κ2) is 8.90. The summed E-state index contributed by atoms with van der Waals surface area (Å²) in [6.07, 6.45) is 11.0. The lowest BCUT2D eigenvalue weighted by atomic mass is 10.1. The van der Waals surface area contributed by atoms with Gasteiger partial charge in [0.05, 0.1) is 11.9 Å². The second-order valence-electron chi connectivity index (χ2n) is 8.45. The fourth-order valence-electron chi connectivity index (χ4n) is 3.98. The number of carbonyl (C=O) groups is 1. The molecular weight excluding hydrogens is 438 g/mol. The van der Waals surface area contributed by atoms with Gasteiger partial charge in [0.15, 0.2) is 5.82 Å². The highest BCUT2D eigenvalue weighted by molar-refractivity contribution is 6.03. The number of anilines is 1. The number of amides is 1. The predicted molar refractivity (Wildman–Crippen MR) is 132 cm³/mol. The summed E-state index contributed by atoms with van der Waals surface area (Å²) >= 11 is 0. The molecule has 0 bridgehead atoms. The van der Waals surface area contributed by atoms with Crippen LogP contribution in [-0.2, 0) is 0 Å². The van der Waals surface area contributed by atoms with E-state index in [1.807, 2.05) is 53.2 Å². The molecule has 1 fully saturated rings. The molecule has 0 spiro atoms. The van der Waals surface area contributed by atoms with Gasteiger partial charge in [0.25, 0.3) is 5.91 Å². The Kier molecular flexibility index (Phi) is 5.31. The summed E-state index contributed by atoms with van der Waals surface area (Å²) in [5, 5.41) is 11.3. The monoisotopic (exact) mass is 459 g/mol. The average Bonchev–Trinajstić information content (AvgIpc) is 3.65. The first kappa shape index (κ1) is 20.9. The predicted octanol–water partition coefficient (Wildman–Crippen LogP) is 4.92. The van der Waals surface area contributed by atoms with Gasteiger partial charge in [-0.3, -0.25) is 24.3 Å². The van der Waals surface area contributed by atoms with Gasteiger partial charge in [-0.15, -0.1) is 10.2 Å². The largest absolute Gasteiger partial charge is 0.321 e. The van der Waals surface area contributed by atoms with Crippen molar-refractivity contribution in [3.63, 3.8) is 0 Å². The Balaban J connectivity index is 1.22. The van der Waals surface area contributed by atoms with Crippen molar-refractivity contribution < 1.29 is 4.79 Å². The van der Waals surface area contributed by atoms with E-state index in [-0.39, 0.29) is 5.91 Å². The molecule has 1 aliphatic carbocycles. The van der Waals surface area contributed by atoms with E-state index in [1.165, 1.54) is 12.8 Å². The zero-order chi connectivity index (χ0) is 23.6. The highest BCUT2D eigenvalue weighted by Gasteiger charge is 2.24. The van der Waals surface area contributed by atoms with Gasteiger partial charge in [-0.2, -0.15) is 0 Å². The standard InChI is InChI=1S/C27H21N7O/c35-27(25-14-19(10-12-29-25)21-8-9-24(30-15-21)18-6-7-18)32-22-4-1-3-20(13-22)26-33-31-17-34(26)23-5-2-11-28-16-23/h1-5,8-18H,6-7H2,(H,32,35). The van der Waals surface area contributed by atoms with Crippen LogP contribution < -0.4 is 5.32 Å². The van der Waals surface area contributed by atoms with E-state index >= 15 is 0 Å². The van der Waals surface area contributed by atoms with Crippen molar-refractivity contribution >= 4 is 11.6 Å². The van der Waals surface area contributed by atoms with E-state index in [0.717, 1.165) is 28.1 Å². The molecule has 8 nitrogen and oxygen atoms in total. The van der Waals surface area contributed by atoms with Crippen LogP contribution >= 0.6 is 0 Å². The molecule has 0 unspecified atom stereocenters. The van der Waals surface area contributed by atoms with E-state index in [2.05, 4.69) is 42.6 Å². The summed E-state index contributed by atoms with van der Waals surface area (Å²) in [4.78, 5) is 26.0. The fraction of sp³-hybridized carbons (Fsp3) is 0.111. The zero-order valence-electron chi connectivity index (χ0n) is 18.7. The Morgan fingerprint density at radius 3 is 2.63 bits per heavy atom. The Hall–Kier alpha value is -4.72. The van der Waals surface area contributed by atoms with Crippen molar-refractivity contribution in [3.05, 3.63) is 103 Å². The molecule has 1 saturated carbocycles. The van der Waals surface area contributed by atoms with Crippen molar-refractivity contribution in [2.24, 2.45) is 0 Å². The molecule has 4 heterocycles. The maximum atomic E-state index is 13.0. The normalized spacial score (nSPS) is 12.9. The molecule has 6 rings (SSSR count). The van der Waals surface area contributed by atoms with E-state index in [9.17, 15) is 4.79 Å². The Labute approximate surface area is 201 Å². The Morgan fingerprint density at radius 2 is 1.83 bits per heavy atom. The van der Waals surface area contributed by atoms with E-state index < -0.39 is 0 Å². The number of rotatable bonds is 6. The number of benzene rings is 1. The van der Waals surface area contributed by atoms with Gasteiger partial charge in [0.1, 0.15) is 12.0 Å². The minimum Gasteiger partial charge on any atom is -0.321 e. The fourth-order valence-corrected chi connectivity index (χ4v) is 3.98. The number of aromatic nitrogens is 6. The van der Waals surface area contributed by atoms with Crippen LogP contribution in [0.1, 0.15) is 34.9 Å². The number of pyridine rings is 3. The van der Waals surface area contributed by atoms with Gasteiger partial charge >= 0.3 is 0 Å². The van der Waals surface area contributed by atoms with Crippen LogP contribution in [-0.4, -0.2) is 35.6 Å². The van der Waals surface area contributed by atoms with E-state index in [1.54, 1.807) is 31.0 Å². The van der Waals surface area contributed by atoms with Crippen molar-refractivity contribution in [2.75, 3.05) is 5.32 Å². The topological polar surface area (TPSA) is 98.5 Å². The summed E-state index contributed by atoms with van der Waals surface area (Å²) in [5.41, 5.74) is 5.63. The molecular formula is C27H21N7O. The van der Waals surface area contributed by atoms with Crippen LogP contribution in [0.15, 0.2) is 91.8 Å². The second-order valence-corrected chi connectivity index (χ2v) is 8.45. The molecule has 0 radical (unpaired) electrons. The molecule has 1 N–H and O–H groups in total. The molecule has 0 aliphatic heterocycles. The quantitative estimate of drug-likeness (QED) is 0.387. The SMILES string of the molecule is O=C(Nc1cccc(-c2nncn2-c2cccnc2)c1)c1cc(-c2ccc(C3CC3)nc2)ccn1. The van der Waals surface area contributed by atoms with E-state index in [0.29, 0.717) is 23.1 Å². The highest BCUT2D eigenvalue weighted by atomic mass is 16.1. The van der Waals surface area contributed by atoms with Crippen molar-refractivity contribution in [1.29, 1.82) is 0 Å². The molecule has 1 aromatic carbocycles. The number of carbonyl (C=O) groups excluding carboxylic acids is 1. The summed E-state index contributed by atoms with van der Waals surface area (Å²) in [6.45, 7) is 0. The summed E-state index contributed by atoms with van der Waals surface area (Å²) < 4.78 is 1.85. The Bertz CT molecular complexity index is 1490. The molecule has 170 valence electrons. The summed E-state index contributed by atoms with van der Waals surface area (Å²) in [5.74, 6) is 0.966. The molecule has 5 aromatic rings.